The Labute approximate surface area is 164 Å². The maximum Gasteiger partial charge on any atom is 0.0561 e. The minimum absolute atomic E-state index is 0.771. The molecule has 5 aromatic rings. The van der Waals surface area contributed by atoms with Gasteiger partial charge in [0.2, 0.25) is 0 Å². The maximum absolute atomic E-state index is 6.12. The highest BCUT2D eigenvalue weighted by molar-refractivity contribution is 6.10. The van der Waals surface area contributed by atoms with E-state index in [9.17, 15) is 0 Å². The average molecular weight is 360 g/mol. The van der Waals surface area contributed by atoms with E-state index in [0.717, 1.165) is 22.5 Å². The number of fused-ring (bicyclic) bond motifs is 3. The Kier molecular flexibility index (Phi) is 3.77. The van der Waals surface area contributed by atoms with Crippen molar-refractivity contribution in [3.8, 4) is 16.8 Å². The van der Waals surface area contributed by atoms with Crippen LogP contribution in [0.5, 0.6) is 0 Å². The van der Waals surface area contributed by atoms with Gasteiger partial charge in [-0.3, -0.25) is 0 Å². The Morgan fingerprint density at radius 1 is 0.679 bits per heavy atom. The lowest BCUT2D eigenvalue weighted by Gasteiger charge is -2.09. The van der Waals surface area contributed by atoms with Crippen molar-refractivity contribution < 1.29 is 0 Å². The van der Waals surface area contributed by atoms with Crippen molar-refractivity contribution >= 4 is 33.6 Å². The Morgan fingerprint density at radius 3 is 2.04 bits per heavy atom. The van der Waals surface area contributed by atoms with Gasteiger partial charge in [-0.1, -0.05) is 73.3 Å². The quantitative estimate of drug-likeness (QED) is 0.358. The van der Waals surface area contributed by atoms with Gasteiger partial charge in [-0.05, 0) is 47.0 Å². The smallest absolute Gasteiger partial charge is 0.0561 e. The number of nitrogen functional groups attached to an aromatic ring is 1. The summed E-state index contributed by atoms with van der Waals surface area (Å²) in [6.07, 6.45) is 1.87. The summed E-state index contributed by atoms with van der Waals surface area (Å²) in [6, 6.07) is 31.7. The molecule has 2 heteroatoms. The second-order valence-corrected chi connectivity index (χ2v) is 7.01. The SMILES string of the molecule is C=Cc1ccc(-c2ccc3c4ccc(N)cc4n(-c4ccccc4)c3c2)cc1. The van der Waals surface area contributed by atoms with E-state index in [4.69, 9.17) is 5.73 Å². The Morgan fingerprint density at radius 2 is 1.32 bits per heavy atom. The summed E-state index contributed by atoms with van der Waals surface area (Å²) < 4.78 is 2.29. The molecule has 0 unspecified atom stereocenters. The van der Waals surface area contributed by atoms with Crippen LogP contribution in [0.25, 0.3) is 44.7 Å². The topological polar surface area (TPSA) is 30.9 Å². The van der Waals surface area contributed by atoms with E-state index in [2.05, 4.69) is 90.0 Å². The lowest BCUT2D eigenvalue weighted by molar-refractivity contribution is 1.18. The molecule has 0 aliphatic carbocycles. The highest BCUT2D eigenvalue weighted by Crippen LogP contribution is 2.35. The molecule has 5 rings (SSSR count). The van der Waals surface area contributed by atoms with Crippen molar-refractivity contribution in [2.24, 2.45) is 0 Å². The number of nitrogens with two attached hydrogens (primary N) is 1. The minimum atomic E-state index is 0.771. The zero-order chi connectivity index (χ0) is 19.1. The third kappa shape index (κ3) is 2.58. The summed E-state index contributed by atoms with van der Waals surface area (Å²) in [5, 5.41) is 2.44. The van der Waals surface area contributed by atoms with Crippen molar-refractivity contribution in [3.05, 3.63) is 103 Å². The summed E-state index contributed by atoms with van der Waals surface area (Å²) in [5.41, 5.74) is 13.8. The van der Waals surface area contributed by atoms with Crippen LogP contribution in [0.15, 0.2) is 97.6 Å². The first-order valence-corrected chi connectivity index (χ1v) is 9.36. The molecular formula is C26H20N2. The fourth-order valence-electron chi connectivity index (χ4n) is 3.88. The van der Waals surface area contributed by atoms with Gasteiger partial charge in [0.15, 0.2) is 0 Å². The highest BCUT2D eigenvalue weighted by atomic mass is 15.0. The van der Waals surface area contributed by atoms with Gasteiger partial charge in [0, 0.05) is 22.1 Å². The molecule has 0 atom stereocenters. The van der Waals surface area contributed by atoms with E-state index in [1.54, 1.807) is 0 Å². The zero-order valence-corrected chi connectivity index (χ0v) is 15.5. The highest BCUT2D eigenvalue weighted by Gasteiger charge is 2.13. The van der Waals surface area contributed by atoms with Gasteiger partial charge in [-0.15, -0.1) is 0 Å². The zero-order valence-electron chi connectivity index (χ0n) is 15.5. The average Bonchev–Trinajstić information content (AvgIpc) is 3.07. The molecule has 2 nitrogen and oxygen atoms in total. The summed E-state index contributed by atoms with van der Waals surface area (Å²) in [4.78, 5) is 0. The molecule has 0 aliphatic heterocycles. The van der Waals surface area contributed by atoms with Crippen LogP contribution in [0.2, 0.25) is 0 Å². The monoisotopic (exact) mass is 360 g/mol. The molecule has 1 heterocycles. The number of hydrogen-bond donors (Lipinski definition) is 1. The molecule has 0 saturated heterocycles. The van der Waals surface area contributed by atoms with Gasteiger partial charge in [-0.25, -0.2) is 0 Å². The van der Waals surface area contributed by atoms with Crippen molar-refractivity contribution in [2.45, 2.75) is 0 Å². The van der Waals surface area contributed by atoms with Crippen LogP contribution in [0.4, 0.5) is 5.69 Å². The van der Waals surface area contributed by atoms with Gasteiger partial charge in [0.1, 0.15) is 0 Å². The van der Waals surface area contributed by atoms with Gasteiger partial charge in [0.25, 0.3) is 0 Å². The van der Waals surface area contributed by atoms with Crippen LogP contribution >= 0.6 is 0 Å². The number of anilines is 1. The fourth-order valence-corrected chi connectivity index (χ4v) is 3.88. The van der Waals surface area contributed by atoms with E-state index in [1.807, 2.05) is 18.2 Å². The van der Waals surface area contributed by atoms with Crippen LogP contribution in [0.3, 0.4) is 0 Å². The maximum atomic E-state index is 6.12. The lowest BCUT2D eigenvalue weighted by Crippen LogP contribution is -1.94. The molecule has 0 aliphatic rings. The van der Waals surface area contributed by atoms with E-state index < -0.39 is 0 Å². The normalized spacial score (nSPS) is 11.1. The Balaban J connectivity index is 1.82. The van der Waals surface area contributed by atoms with Gasteiger partial charge in [-0.2, -0.15) is 0 Å². The van der Waals surface area contributed by atoms with E-state index in [-0.39, 0.29) is 0 Å². The third-order valence-electron chi connectivity index (χ3n) is 5.29. The largest absolute Gasteiger partial charge is 0.399 e. The first-order chi connectivity index (χ1) is 13.7. The van der Waals surface area contributed by atoms with Gasteiger partial charge >= 0.3 is 0 Å². The van der Waals surface area contributed by atoms with Crippen LogP contribution in [-0.2, 0) is 0 Å². The molecule has 0 spiro atoms. The number of hydrogen-bond acceptors (Lipinski definition) is 1. The van der Waals surface area contributed by atoms with Gasteiger partial charge in [0.05, 0.1) is 11.0 Å². The van der Waals surface area contributed by atoms with Crippen LogP contribution < -0.4 is 5.73 Å². The number of rotatable bonds is 3. The van der Waals surface area contributed by atoms with E-state index >= 15 is 0 Å². The van der Waals surface area contributed by atoms with E-state index in [1.165, 1.54) is 27.4 Å². The molecule has 134 valence electrons. The first kappa shape index (κ1) is 16.4. The summed E-state index contributed by atoms with van der Waals surface area (Å²) >= 11 is 0. The van der Waals surface area contributed by atoms with Crippen LogP contribution in [0, 0.1) is 0 Å². The van der Waals surface area contributed by atoms with E-state index in [0.29, 0.717) is 0 Å². The lowest BCUT2D eigenvalue weighted by atomic mass is 10.0. The molecule has 0 amide bonds. The molecule has 28 heavy (non-hydrogen) atoms. The molecule has 4 aromatic carbocycles. The number of aromatic nitrogens is 1. The summed E-state index contributed by atoms with van der Waals surface area (Å²) in [7, 11) is 0. The number of benzene rings is 4. The second-order valence-electron chi connectivity index (χ2n) is 7.01. The molecule has 0 radical (unpaired) electrons. The van der Waals surface area contributed by atoms with Crippen LogP contribution in [-0.4, -0.2) is 4.57 Å². The molecule has 1 aromatic heterocycles. The number of nitrogens with zero attached hydrogens (tertiary/aromatic N) is 1. The third-order valence-corrected chi connectivity index (χ3v) is 5.29. The predicted molar refractivity (Wildman–Crippen MR) is 121 cm³/mol. The van der Waals surface area contributed by atoms with Gasteiger partial charge < -0.3 is 10.3 Å². The number of para-hydroxylation sites is 1. The predicted octanol–water partition coefficient (Wildman–Crippen LogP) is 6.68. The Bertz CT molecular complexity index is 1310. The fraction of sp³-hybridized carbons (Fsp3) is 0. The molecule has 2 N–H and O–H groups in total. The van der Waals surface area contributed by atoms with Crippen molar-refractivity contribution in [2.75, 3.05) is 5.73 Å². The molecule has 0 bridgehead atoms. The van der Waals surface area contributed by atoms with Crippen molar-refractivity contribution in [3.63, 3.8) is 0 Å². The van der Waals surface area contributed by atoms with Crippen molar-refractivity contribution in [1.82, 2.24) is 4.57 Å². The Hall–Kier alpha value is -3.78. The standard InChI is InChI=1S/C26H20N2/c1-2-18-8-10-19(11-9-18)20-12-14-23-24-15-13-21(27)17-26(24)28(25(23)16-20)22-6-4-3-5-7-22/h2-17H,1,27H2. The van der Waals surface area contributed by atoms with Crippen molar-refractivity contribution in [1.29, 1.82) is 0 Å². The minimum Gasteiger partial charge on any atom is -0.399 e. The second kappa shape index (κ2) is 6.43. The van der Waals surface area contributed by atoms with Crippen LogP contribution in [0.1, 0.15) is 5.56 Å². The molecule has 0 fully saturated rings. The summed E-state index contributed by atoms with van der Waals surface area (Å²) in [6.45, 7) is 3.84. The summed E-state index contributed by atoms with van der Waals surface area (Å²) in [5.74, 6) is 0. The molecule has 0 saturated carbocycles. The first-order valence-electron chi connectivity index (χ1n) is 9.36. The molecular weight excluding hydrogens is 340 g/mol.